The second-order valence-corrected chi connectivity index (χ2v) is 7.34. The van der Waals surface area contributed by atoms with E-state index in [0.29, 0.717) is 19.4 Å². The SMILES string of the molecule is CCC(C)n1cnc(S(=O)(=O)N2CCCC(C(=O)O)C2)c1. The average Bonchev–Trinajstić information content (AvgIpc) is 2.97. The molecule has 0 radical (unpaired) electrons. The Morgan fingerprint density at radius 2 is 2.29 bits per heavy atom. The van der Waals surface area contributed by atoms with Crippen LogP contribution in [0.5, 0.6) is 0 Å². The maximum Gasteiger partial charge on any atom is 0.307 e. The number of nitrogens with zero attached hydrogens (tertiary/aromatic N) is 3. The lowest BCUT2D eigenvalue weighted by Crippen LogP contribution is -2.42. The predicted octanol–water partition coefficient (Wildman–Crippen LogP) is 1.34. The highest BCUT2D eigenvalue weighted by Gasteiger charge is 2.34. The lowest BCUT2D eigenvalue weighted by Gasteiger charge is -2.29. The molecule has 118 valence electrons. The second-order valence-electron chi connectivity index (χ2n) is 5.46. The Kier molecular flexibility index (Phi) is 4.67. The Morgan fingerprint density at radius 3 is 2.90 bits per heavy atom. The minimum Gasteiger partial charge on any atom is -0.481 e. The number of carboxylic acids is 1. The van der Waals surface area contributed by atoms with E-state index < -0.39 is 21.9 Å². The van der Waals surface area contributed by atoms with Crippen LogP contribution in [0.25, 0.3) is 0 Å². The van der Waals surface area contributed by atoms with Crippen LogP contribution in [0.4, 0.5) is 0 Å². The van der Waals surface area contributed by atoms with E-state index in [1.54, 1.807) is 4.57 Å². The number of hydrogen-bond acceptors (Lipinski definition) is 4. The van der Waals surface area contributed by atoms with Crippen molar-refractivity contribution in [3.63, 3.8) is 0 Å². The Morgan fingerprint density at radius 1 is 1.57 bits per heavy atom. The summed E-state index contributed by atoms with van der Waals surface area (Å²) >= 11 is 0. The number of rotatable bonds is 5. The number of piperidine rings is 1. The van der Waals surface area contributed by atoms with E-state index in [-0.39, 0.29) is 17.6 Å². The first-order valence-electron chi connectivity index (χ1n) is 7.12. The number of carbonyl (C=O) groups is 1. The maximum atomic E-state index is 12.5. The Bertz CT molecular complexity index is 611. The summed E-state index contributed by atoms with van der Waals surface area (Å²) < 4.78 is 28.1. The zero-order valence-electron chi connectivity index (χ0n) is 12.3. The fourth-order valence-corrected chi connectivity index (χ4v) is 3.84. The molecule has 1 aromatic heterocycles. The van der Waals surface area contributed by atoms with Crippen LogP contribution in [0.15, 0.2) is 17.6 Å². The van der Waals surface area contributed by atoms with E-state index in [2.05, 4.69) is 4.98 Å². The highest BCUT2D eigenvalue weighted by atomic mass is 32.2. The van der Waals surface area contributed by atoms with Gasteiger partial charge in [0.25, 0.3) is 10.0 Å². The molecule has 2 unspecified atom stereocenters. The van der Waals surface area contributed by atoms with Gasteiger partial charge in [-0.05, 0) is 26.2 Å². The van der Waals surface area contributed by atoms with E-state index in [1.807, 2.05) is 13.8 Å². The van der Waals surface area contributed by atoms with Gasteiger partial charge in [-0.2, -0.15) is 4.31 Å². The van der Waals surface area contributed by atoms with Crippen molar-refractivity contribution in [2.45, 2.75) is 44.2 Å². The first kappa shape index (κ1) is 16.0. The minimum absolute atomic E-state index is 0.00570. The summed E-state index contributed by atoms with van der Waals surface area (Å²) in [6.45, 7) is 4.37. The highest BCUT2D eigenvalue weighted by molar-refractivity contribution is 7.89. The number of aliphatic carboxylic acids is 1. The molecule has 7 nitrogen and oxygen atoms in total. The van der Waals surface area contributed by atoms with Crippen molar-refractivity contribution < 1.29 is 18.3 Å². The number of sulfonamides is 1. The van der Waals surface area contributed by atoms with Gasteiger partial charge in [-0.1, -0.05) is 6.92 Å². The molecule has 1 N–H and O–H groups in total. The molecule has 0 amide bonds. The van der Waals surface area contributed by atoms with E-state index in [1.165, 1.54) is 16.8 Å². The van der Waals surface area contributed by atoms with Crippen LogP contribution in [0.2, 0.25) is 0 Å². The number of imidazole rings is 1. The van der Waals surface area contributed by atoms with E-state index in [9.17, 15) is 13.2 Å². The normalized spacial score (nSPS) is 22.1. The van der Waals surface area contributed by atoms with Gasteiger partial charge >= 0.3 is 5.97 Å². The van der Waals surface area contributed by atoms with E-state index in [4.69, 9.17) is 5.11 Å². The number of hydrogen-bond donors (Lipinski definition) is 1. The summed E-state index contributed by atoms with van der Waals surface area (Å²) in [5.41, 5.74) is 0. The summed E-state index contributed by atoms with van der Waals surface area (Å²) in [7, 11) is -3.71. The standard InChI is InChI=1S/C13H21N3O4S/c1-3-10(2)15-8-12(14-9-15)21(19,20)16-6-4-5-11(7-16)13(17)18/h8-11H,3-7H2,1-2H3,(H,17,18). The predicted molar refractivity (Wildman–Crippen MR) is 76.3 cm³/mol. The van der Waals surface area contributed by atoms with Crippen molar-refractivity contribution in [1.29, 1.82) is 0 Å². The molecule has 0 aromatic carbocycles. The quantitative estimate of drug-likeness (QED) is 0.885. The summed E-state index contributed by atoms with van der Waals surface area (Å²) in [6.07, 6.45) is 4.99. The van der Waals surface area contributed by atoms with Crippen LogP contribution in [0, 0.1) is 5.92 Å². The van der Waals surface area contributed by atoms with Crippen LogP contribution < -0.4 is 0 Å². The average molecular weight is 315 g/mol. The summed E-state index contributed by atoms with van der Waals surface area (Å²) in [4.78, 5) is 15.0. The first-order chi connectivity index (χ1) is 9.86. The third-order valence-electron chi connectivity index (χ3n) is 4.02. The third kappa shape index (κ3) is 3.26. The Labute approximate surface area is 124 Å². The summed E-state index contributed by atoms with van der Waals surface area (Å²) in [5, 5.41) is 9.05. The van der Waals surface area contributed by atoms with Crippen molar-refractivity contribution in [3.05, 3.63) is 12.5 Å². The van der Waals surface area contributed by atoms with Gasteiger partial charge in [-0.15, -0.1) is 0 Å². The maximum absolute atomic E-state index is 12.5. The smallest absolute Gasteiger partial charge is 0.307 e. The zero-order valence-corrected chi connectivity index (χ0v) is 13.1. The Hall–Kier alpha value is -1.41. The topological polar surface area (TPSA) is 92.5 Å². The van der Waals surface area contributed by atoms with Crippen molar-refractivity contribution >= 4 is 16.0 Å². The molecule has 8 heteroatoms. The van der Waals surface area contributed by atoms with Crippen LogP contribution in [-0.2, 0) is 14.8 Å². The van der Waals surface area contributed by atoms with E-state index in [0.717, 1.165) is 6.42 Å². The molecule has 1 aromatic rings. The van der Waals surface area contributed by atoms with Crippen LogP contribution >= 0.6 is 0 Å². The monoisotopic (exact) mass is 315 g/mol. The van der Waals surface area contributed by atoms with Crippen LogP contribution in [0.3, 0.4) is 0 Å². The van der Waals surface area contributed by atoms with Gasteiger partial charge in [0.15, 0.2) is 5.03 Å². The fraction of sp³-hybridized carbons (Fsp3) is 0.692. The molecule has 2 atom stereocenters. The van der Waals surface area contributed by atoms with Crippen LogP contribution in [-0.4, -0.2) is 46.4 Å². The van der Waals surface area contributed by atoms with Crippen molar-refractivity contribution in [1.82, 2.24) is 13.9 Å². The van der Waals surface area contributed by atoms with Gasteiger partial charge < -0.3 is 9.67 Å². The minimum atomic E-state index is -3.71. The third-order valence-corrected chi connectivity index (χ3v) is 5.77. The molecule has 0 saturated carbocycles. The summed E-state index contributed by atoms with van der Waals surface area (Å²) in [6, 6.07) is 0.176. The molecular weight excluding hydrogens is 294 g/mol. The number of aromatic nitrogens is 2. The highest BCUT2D eigenvalue weighted by Crippen LogP contribution is 2.23. The molecule has 0 spiro atoms. The lowest BCUT2D eigenvalue weighted by molar-refractivity contribution is -0.142. The lowest BCUT2D eigenvalue weighted by atomic mass is 10.0. The molecular formula is C13H21N3O4S. The van der Waals surface area contributed by atoms with Gasteiger partial charge in [0, 0.05) is 25.3 Å². The van der Waals surface area contributed by atoms with Crippen molar-refractivity contribution in [2.24, 2.45) is 5.92 Å². The molecule has 1 aliphatic heterocycles. The second kappa shape index (κ2) is 6.15. The Balaban J connectivity index is 2.21. The van der Waals surface area contributed by atoms with Gasteiger partial charge in [0.2, 0.25) is 0 Å². The molecule has 2 rings (SSSR count). The molecule has 0 aliphatic carbocycles. The molecule has 0 bridgehead atoms. The summed E-state index contributed by atoms with van der Waals surface area (Å²) in [5.74, 6) is -1.58. The van der Waals surface area contributed by atoms with Crippen molar-refractivity contribution in [3.8, 4) is 0 Å². The van der Waals surface area contributed by atoms with Crippen molar-refractivity contribution in [2.75, 3.05) is 13.1 Å². The fourth-order valence-electron chi connectivity index (χ4n) is 2.40. The van der Waals surface area contributed by atoms with E-state index >= 15 is 0 Å². The molecule has 1 fully saturated rings. The molecule has 1 saturated heterocycles. The molecule has 21 heavy (non-hydrogen) atoms. The van der Waals surface area contributed by atoms with Gasteiger partial charge in [0.1, 0.15) is 0 Å². The molecule has 2 heterocycles. The zero-order chi connectivity index (χ0) is 15.6. The van der Waals surface area contributed by atoms with Gasteiger partial charge in [-0.3, -0.25) is 4.79 Å². The van der Waals surface area contributed by atoms with Gasteiger partial charge in [0.05, 0.1) is 12.2 Å². The number of carboxylic acid groups (broad SMARTS) is 1. The largest absolute Gasteiger partial charge is 0.481 e. The van der Waals surface area contributed by atoms with Crippen LogP contribution in [0.1, 0.15) is 39.2 Å². The molecule has 1 aliphatic rings. The van der Waals surface area contributed by atoms with Gasteiger partial charge in [-0.25, -0.2) is 13.4 Å². The first-order valence-corrected chi connectivity index (χ1v) is 8.56.